The van der Waals surface area contributed by atoms with E-state index >= 15 is 0 Å². The number of ketones is 1. The maximum Gasteiger partial charge on any atom is 0.325 e. The summed E-state index contributed by atoms with van der Waals surface area (Å²) in [6.45, 7) is 1.82. The molecule has 5 nitrogen and oxygen atoms in total. The summed E-state index contributed by atoms with van der Waals surface area (Å²) in [5.74, 6) is -0.529. The van der Waals surface area contributed by atoms with Gasteiger partial charge < -0.3 is 5.32 Å². The highest BCUT2D eigenvalue weighted by Gasteiger charge is 2.52. The van der Waals surface area contributed by atoms with Gasteiger partial charge in [0.05, 0.1) is 6.54 Å². The van der Waals surface area contributed by atoms with Crippen LogP contribution in [-0.4, -0.2) is 34.7 Å². The predicted molar refractivity (Wildman–Crippen MR) is 86.0 cm³/mol. The molecule has 1 aromatic rings. The van der Waals surface area contributed by atoms with Crippen LogP contribution in [0.5, 0.6) is 0 Å². The number of hydrogen-bond acceptors (Lipinski definition) is 3. The molecule has 1 aliphatic heterocycles. The number of carbonyl (C=O) groups is 3. The van der Waals surface area contributed by atoms with Crippen LogP contribution < -0.4 is 5.32 Å². The molecule has 0 bridgehead atoms. The molecule has 1 saturated carbocycles. The van der Waals surface area contributed by atoms with Gasteiger partial charge in [-0.1, -0.05) is 13.3 Å². The minimum atomic E-state index is -0.841. The molecular weight excluding hydrogens is 311 g/mol. The van der Waals surface area contributed by atoms with Crippen molar-refractivity contribution in [1.82, 2.24) is 10.2 Å². The van der Waals surface area contributed by atoms with Crippen molar-refractivity contribution >= 4 is 17.7 Å². The van der Waals surface area contributed by atoms with E-state index in [9.17, 15) is 18.8 Å². The standard InChI is InChI=1S/C18H21FN2O3/c1-2-12-7-9-18(10-8-12)16(23)21(17(24)20-18)11-15(22)13-3-5-14(19)6-4-13/h3-6,12H,2,7-11H2,1H3,(H,20,24). The number of Topliss-reactive ketones (excluding diaryl/α,β-unsaturated/α-hetero) is 1. The first kappa shape index (κ1) is 16.6. The van der Waals surface area contributed by atoms with Gasteiger partial charge in [0.25, 0.3) is 5.91 Å². The van der Waals surface area contributed by atoms with Crippen LogP contribution in [0, 0.1) is 11.7 Å². The fourth-order valence-corrected chi connectivity index (χ4v) is 3.61. The predicted octanol–water partition coefficient (Wildman–Crippen LogP) is 2.90. The maximum atomic E-state index is 12.9. The van der Waals surface area contributed by atoms with Crippen molar-refractivity contribution in [2.45, 2.75) is 44.6 Å². The average molecular weight is 332 g/mol. The Morgan fingerprint density at radius 2 is 1.88 bits per heavy atom. The minimum absolute atomic E-state index is 0.285. The summed E-state index contributed by atoms with van der Waals surface area (Å²) in [6, 6.07) is 4.58. The molecule has 128 valence electrons. The summed E-state index contributed by atoms with van der Waals surface area (Å²) < 4.78 is 12.9. The van der Waals surface area contributed by atoms with Gasteiger partial charge in [0.2, 0.25) is 0 Å². The molecule has 0 radical (unpaired) electrons. The highest BCUT2D eigenvalue weighted by atomic mass is 19.1. The number of benzene rings is 1. The molecule has 6 heteroatoms. The Bertz CT molecular complexity index is 663. The lowest BCUT2D eigenvalue weighted by molar-refractivity contribution is -0.132. The summed E-state index contributed by atoms with van der Waals surface area (Å²) in [6.07, 6.45) is 4.13. The molecule has 1 aliphatic carbocycles. The second-order valence-electron chi connectivity index (χ2n) is 6.69. The van der Waals surface area contributed by atoms with E-state index in [0.717, 1.165) is 24.2 Å². The van der Waals surface area contributed by atoms with Crippen LogP contribution >= 0.6 is 0 Å². The van der Waals surface area contributed by atoms with E-state index < -0.39 is 17.4 Å². The van der Waals surface area contributed by atoms with Crippen LogP contribution in [0.15, 0.2) is 24.3 Å². The number of hydrogen-bond donors (Lipinski definition) is 1. The number of amides is 3. The van der Waals surface area contributed by atoms with Gasteiger partial charge in [-0.3, -0.25) is 14.5 Å². The van der Waals surface area contributed by atoms with Crippen molar-refractivity contribution in [3.63, 3.8) is 0 Å². The fourth-order valence-electron chi connectivity index (χ4n) is 3.61. The lowest BCUT2D eigenvalue weighted by atomic mass is 9.75. The molecule has 1 spiro atoms. The number of urea groups is 1. The third kappa shape index (κ3) is 2.92. The van der Waals surface area contributed by atoms with Crippen molar-refractivity contribution in [1.29, 1.82) is 0 Å². The first-order chi connectivity index (χ1) is 11.4. The Hall–Kier alpha value is -2.24. The van der Waals surface area contributed by atoms with Crippen molar-refractivity contribution < 1.29 is 18.8 Å². The van der Waals surface area contributed by atoms with Crippen molar-refractivity contribution in [2.24, 2.45) is 5.92 Å². The Morgan fingerprint density at radius 3 is 2.46 bits per heavy atom. The lowest BCUT2D eigenvalue weighted by Crippen LogP contribution is -2.49. The Kier molecular flexibility index (Phi) is 4.39. The largest absolute Gasteiger partial charge is 0.325 e. The van der Waals surface area contributed by atoms with Gasteiger partial charge in [-0.05, 0) is 55.9 Å². The lowest BCUT2D eigenvalue weighted by Gasteiger charge is -2.34. The maximum absolute atomic E-state index is 12.9. The van der Waals surface area contributed by atoms with Gasteiger partial charge in [-0.2, -0.15) is 0 Å². The van der Waals surface area contributed by atoms with Crippen LogP contribution in [0.3, 0.4) is 0 Å². The van der Waals surface area contributed by atoms with E-state index in [2.05, 4.69) is 12.2 Å². The molecule has 1 saturated heterocycles. The second-order valence-corrected chi connectivity index (χ2v) is 6.69. The van der Waals surface area contributed by atoms with Gasteiger partial charge in [0.1, 0.15) is 11.4 Å². The molecule has 0 unspecified atom stereocenters. The summed E-state index contributed by atoms with van der Waals surface area (Å²) >= 11 is 0. The monoisotopic (exact) mass is 332 g/mol. The normalized spacial score (nSPS) is 26.8. The van der Waals surface area contributed by atoms with Crippen molar-refractivity contribution in [3.05, 3.63) is 35.6 Å². The third-order valence-electron chi connectivity index (χ3n) is 5.25. The minimum Gasteiger partial charge on any atom is -0.323 e. The van der Waals surface area contributed by atoms with Crippen molar-refractivity contribution in [2.75, 3.05) is 6.54 Å². The molecule has 3 amide bonds. The van der Waals surface area contributed by atoms with Crippen molar-refractivity contribution in [3.8, 4) is 0 Å². The van der Waals surface area contributed by atoms with Gasteiger partial charge in [0, 0.05) is 5.56 Å². The van der Waals surface area contributed by atoms with Crippen LogP contribution in [-0.2, 0) is 4.79 Å². The third-order valence-corrected chi connectivity index (χ3v) is 5.25. The van der Waals surface area contributed by atoms with E-state index in [-0.39, 0.29) is 23.8 Å². The highest BCUT2D eigenvalue weighted by Crippen LogP contribution is 2.37. The molecule has 1 aromatic carbocycles. The van der Waals surface area contributed by atoms with E-state index in [0.29, 0.717) is 18.8 Å². The quantitative estimate of drug-likeness (QED) is 0.681. The van der Waals surface area contributed by atoms with Crippen LogP contribution in [0.4, 0.5) is 9.18 Å². The van der Waals surface area contributed by atoms with Gasteiger partial charge in [-0.25, -0.2) is 9.18 Å². The number of imide groups is 1. The van der Waals surface area contributed by atoms with Gasteiger partial charge in [0.15, 0.2) is 5.78 Å². The molecular formula is C18H21FN2O3. The van der Waals surface area contributed by atoms with E-state index in [1.54, 1.807) is 0 Å². The zero-order chi connectivity index (χ0) is 17.3. The number of rotatable bonds is 4. The zero-order valence-electron chi connectivity index (χ0n) is 13.7. The molecule has 0 aromatic heterocycles. The number of halogens is 1. The SMILES string of the molecule is CCC1CCC2(CC1)NC(=O)N(CC(=O)c1ccc(F)cc1)C2=O. The first-order valence-corrected chi connectivity index (χ1v) is 8.38. The molecule has 1 heterocycles. The molecule has 3 rings (SSSR count). The highest BCUT2D eigenvalue weighted by molar-refractivity contribution is 6.11. The Labute approximate surface area is 140 Å². The van der Waals surface area contributed by atoms with Gasteiger partial charge in [-0.15, -0.1) is 0 Å². The van der Waals surface area contributed by atoms with E-state index in [1.807, 2.05) is 0 Å². The summed E-state index contributed by atoms with van der Waals surface area (Å²) in [5.41, 5.74) is -0.557. The number of nitrogens with zero attached hydrogens (tertiary/aromatic N) is 1. The Morgan fingerprint density at radius 1 is 1.25 bits per heavy atom. The van der Waals surface area contributed by atoms with Crippen LogP contribution in [0.25, 0.3) is 0 Å². The van der Waals surface area contributed by atoms with Crippen LogP contribution in [0.1, 0.15) is 49.4 Å². The fraction of sp³-hybridized carbons (Fsp3) is 0.500. The molecule has 1 N–H and O–H groups in total. The average Bonchev–Trinajstić information content (AvgIpc) is 2.80. The second kappa shape index (κ2) is 6.34. The Balaban J connectivity index is 1.71. The summed E-state index contributed by atoms with van der Waals surface area (Å²) in [7, 11) is 0. The zero-order valence-corrected chi connectivity index (χ0v) is 13.7. The topological polar surface area (TPSA) is 66.5 Å². The van der Waals surface area contributed by atoms with E-state index in [4.69, 9.17) is 0 Å². The molecule has 2 fully saturated rings. The smallest absolute Gasteiger partial charge is 0.323 e. The molecule has 24 heavy (non-hydrogen) atoms. The first-order valence-electron chi connectivity index (χ1n) is 8.38. The number of carbonyl (C=O) groups excluding carboxylic acids is 3. The molecule has 2 aliphatic rings. The summed E-state index contributed by atoms with van der Waals surface area (Å²) in [4.78, 5) is 38.2. The number of nitrogens with one attached hydrogen (secondary N) is 1. The van der Waals surface area contributed by atoms with E-state index in [1.165, 1.54) is 24.3 Å². The summed E-state index contributed by atoms with van der Waals surface area (Å²) in [5, 5.41) is 2.80. The van der Waals surface area contributed by atoms with Gasteiger partial charge >= 0.3 is 6.03 Å². The van der Waals surface area contributed by atoms with Crippen LogP contribution in [0.2, 0.25) is 0 Å². The molecule has 0 atom stereocenters.